The van der Waals surface area contributed by atoms with Crippen molar-refractivity contribution in [3.05, 3.63) is 47.8 Å². The van der Waals surface area contributed by atoms with E-state index in [9.17, 15) is 4.79 Å². The van der Waals surface area contributed by atoms with Crippen LogP contribution in [0, 0.1) is 0 Å². The third kappa shape index (κ3) is 2.84. The van der Waals surface area contributed by atoms with Crippen LogP contribution in [0.3, 0.4) is 0 Å². The fourth-order valence-corrected chi connectivity index (χ4v) is 1.46. The molecule has 0 unspecified atom stereocenters. The molecule has 0 aliphatic rings. The molecule has 1 aromatic carbocycles. The highest BCUT2D eigenvalue weighted by atomic mass is 16.1. The summed E-state index contributed by atoms with van der Waals surface area (Å²) in [6, 6.07) is 8.67. The van der Waals surface area contributed by atoms with Gasteiger partial charge in [0.05, 0.1) is 12.2 Å². The maximum Gasteiger partial charge on any atom is 0.251 e. The minimum atomic E-state index is -0.129. The summed E-state index contributed by atoms with van der Waals surface area (Å²) in [5, 5.41) is 6.96. The molecule has 1 aromatic heterocycles. The van der Waals surface area contributed by atoms with E-state index in [4.69, 9.17) is 5.73 Å². The number of benzene rings is 1. The third-order valence-electron chi connectivity index (χ3n) is 2.37. The molecule has 1 heterocycles. The predicted molar refractivity (Wildman–Crippen MR) is 65.2 cm³/mol. The number of nitrogen functional groups attached to an aromatic ring is 1. The SMILES string of the molecule is Cn1ccc(CNC(=O)c2ccc(N)cc2)n1. The summed E-state index contributed by atoms with van der Waals surface area (Å²) < 4.78 is 1.70. The average Bonchev–Trinajstić information content (AvgIpc) is 2.73. The van der Waals surface area contributed by atoms with Gasteiger partial charge in [-0.15, -0.1) is 0 Å². The number of nitrogens with zero attached hydrogens (tertiary/aromatic N) is 2. The number of amides is 1. The van der Waals surface area contributed by atoms with E-state index in [0.29, 0.717) is 17.8 Å². The fourth-order valence-electron chi connectivity index (χ4n) is 1.46. The van der Waals surface area contributed by atoms with Crippen LogP contribution in [0.5, 0.6) is 0 Å². The summed E-state index contributed by atoms with van der Waals surface area (Å²) in [6.07, 6.45) is 1.84. The Labute approximate surface area is 99.2 Å². The van der Waals surface area contributed by atoms with Crippen LogP contribution < -0.4 is 11.1 Å². The number of carbonyl (C=O) groups is 1. The van der Waals surface area contributed by atoms with Crippen molar-refractivity contribution in [3.63, 3.8) is 0 Å². The van der Waals surface area contributed by atoms with Gasteiger partial charge in [-0.25, -0.2) is 0 Å². The zero-order valence-electron chi connectivity index (χ0n) is 9.55. The van der Waals surface area contributed by atoms with Gasteiger partial charge in [-0.2, -0.15) is 5.10 Å². The van der Waals surface area contributed by atoms with E-state index in [-0.39, 0.29) is 5.91 Å². The number of aryl methyl sites for hydroxylation is 1. The Morgan fingerprint density at radius 1 is 1.35 bits per heavy atom. The van der Waals surface area contributed by atoms with Gasteiger partial charge in [-0.1, -0.05) is 0 Å². The zero-order chi connectivity index (χ0) is 12.3. The number of hydrogen-bond donors (Lipinski definition) is 2. The van der Waals surface area contributed by atoms with Crippen molar-refractivity contribution in [2.45, 2.75) is 6.54 Å². The van der Waals surface area contributed by atoms with Gasteiger partial charge < -0.3 is 11.1 Å². The van der Waals surface area contributed by atoms with Crippen LogP contribution in [0.1, 0.15) is 16.1 Å². The summed E-state index contributed by atoms with van der Waals surface area (Å²) in [7, 11) is 1.84. The van der Waals surface area contributed by atoms with Crippen molar-refractivity contribution in [2.24, 2.45) is 7.05 Å². The van der Waals surface area contributed by atoms with Gasteiger partial charge in [0.25, 0.3) is 5.91 Å². The molecule has 0 saturated carbocycles. The monoisotopic (exact) mass is 230 g/mol. The molecule has 0 bridgehead atoms. The lowest BCUT2D eigenvalue weighted by atomic mass is 10.2. The molecular weight excluding hydrogens is 216 g/mol. The third-order valence-corrected chi connectivity index (χ3v) is 2.37. The number of carbonyl (C=O) groups excluding carboxylic acids is 1. The van der Waals surface area contributed by atoms with E-state index in [2.05, 4.69) is 10.4 Å². The van der Waals surface area contributed by atoms with E-state index in [1.807, 2.05) is 19.3 Å². The Kier molecular flexibility index (Phi) is 3.09. The molecule has 1 amide bonds. The van der Waals surface area contributed by atoms with E-state index in [1.165, 1.54) is 0 Å². The van der Waals surface area contributed by atoms with Gasteiger partial charge in [-0.3, -0.25) is 9.48 Å². The molecule has 2 rings (SSSR count). The summed E-state index contributed by atoms with van der Waals surface area (Å²) >= 11 is 0. The first-order valence-electron chi connectivity index (χ1n) is 5.27. The van der Waals surface area contributed by atoms with E-state index < -0.39 is 0 Å². The molecule has 17 heavy (non-hydrogen) atoms. The number of anilines is 1. The quantitative estimate of drug-likeness (QED) is 0.770. The number of nitrogens with two attached hydrogens (primary N) is 1. The smallest absolute Gasteiger partial charge is 0.251 e. The first-order chi connectivity index (χ1) is 8.15. The predicted octanol–water partition coefficient (Wildman–Crippen LogP) is 0.932. The molecule has 0 saturated heterocycles. The van der Waals surface area contributed by atoms with Crippen molar-refractivity contribution >= 4 is 11.6 Å². The highest BCUT2D eigenvalue weighted by Gasteiger charge is 2.05. The minimum absolute atomic E-state index is 0.129. The molecule has 3 N–H and O–H groups in total. The van der Waals surface area contributed by atoms with Crippen molar-refractivity contribution in [1.82, 2.24) is 15.1 Å². The fraction of sp³-hybridized carbons (Fsp3) is 0.167. The van der Waals surface area contributed by atoms with Crippen molar-refractivity contribution < 1.29 is 4.79 Å². The second-order valence-electron chi connectivity index (χ2n) is 3.79. The number of hydrogen-bond acceptors (Lipinski definition) is 3. The maximum absolute atomic E-state index is 11.7. The average molecular weight is 230 g/mol. The van der Waals surface area contributed by atoms with Gasteiger partial charge in [-0.05, 0) is 30.3 Å². The molecule has 0 aliphatic heterocycles. The van der Waals surface area contributed by atoms with Crippen LogP contribution in [-0.2, 0) is 13.6 Å². The second-order valence-corrected chi connectivity index (χ2v) is 3.79. The van der Waals surface area contributed by atoms with E-state index >= 15 is 0 Å². The lowest BCUT2D eigenvalue weighted by Crippen LogP contribution is -2.23. The highest BCUT2D eigenvalue weighted by molar-refractivity contribution is 5.94. The van der Waals surface area contributed by atoms with Crippen molar-refractivity contribution in [3.8, 4) is 0 Å². The molecular formula is C12H14N4O. The summed E-state index contributed by atoms with van der Waals surface area (Å²) in [6.45, 7) is 0.421. The second kappa shape index (κ2) is 4.69. The number of nitrogens with one attached hydrogen (secondary N) is 1. The topological polar surface area (TPSA) is 72.9 Å². The normalized spacial score (nSPS) is 10.2. The van der Waals surface area contributed by atoms with Gasteiger partial charge in [0.1, 0.15) is 0 Å². The van der Waals surface area contributed by atoms with Crippen LogP contribution in [0.15, 0.2) is 36.5 Å². The first kappa shape index (κ1) is 11.2. The Hall–Kier alpha value is -2.30. The maximum atomic E-state index is 11.7. The zero-order valence-corrected chi connectivity index (χ0v) is 9.55. The van der Waals surface area contributed by atoms with Gasteiger partial charge in [0.2, 0.25) is 0 Å². The van der Waals surface area contributed by atoms with Gasteiger partial charge in [0.15, 0.2) is 0 Å². The molecule has 2 aromatic rings. The molecule has 88 valence electrons. The van der Waals surface area contributed by atoms with Crippen LogP contribution in [0.2, 0.25) is 0 Å². The van der Waals surface area contributed by atoms with Crippen LogP contribution in [0.4, 0.5) is 5.69 Å². The molecule has 0 radical (unpaired) electrons. The minimum Gasteiger partial charge on any atom is -0.399 e. The number of rotatable bonds is 3. The van der Waals surface area contributed by atoms with E-state index in [1.54, 1.807) is 28.9 Å². The van der Waals surface area contributed by atoms with Gasteiger partial charge >= 0.3 is 0 Å². The van der Waals surface area contributed by atoms with Crippen LogP contribution >= 0.6 is 0 Å². The van der Waals surface area contributed by atoms with Crippen molar-refractivity contribution in [1.29, 1.82) is 0 Å². The summed E-state index contributed by atoms with van der Waals surface area (Å²) in [4.78, 5) is 11.7. The molecule has 5 nitrogen and oxygen atoms in total. The molecule has 0 atom stereocenters. The standard InChI is InChI=1S/C12H14N4O/c1-16-7-6-11(15-16)8-14-12(17)9-2-4-10(13)5-3-9/h2-7H,8,13H2,1H3,(H,14,17). The highest BCUT2D eigenvalue weighted by Crippen LogP contribution is 2.05. The molecule has 5 heteroatoms. The Morgan fingerprint density at radius 2 is 2.06 bits per heavy atom. The molecule has 0 fully saturated rings. The largest absolute Gasteiger partial charge is 0.399 e. The van der Waals surface area contributed by atoms with Gasteiger partial charge in [0, 0.05) is 24.5 Å². The lowest BCUT2D eigenvalue weighted by molar-refractivity contribution is 0.0950. The molecule has 0 spiro atoms. The first-order valence-corrected chi connectivity index (χ1v) is 5.27. The van der Waals surface area contributed by atoms with Crippen LogP contribution in [-0.4, -0.2) is 15.7 Å². The lowest BCUT2D eigenvalue weighted by Gasteiger charge is -2.03. The van der Waals surface area contributed by atoms with Crippen molar-refractivity contribution in [2.75, 3.05) is 5.73 Å². The Morgan fingerprint density at radius 3 is 2.65 bits per heavy atom. The Balaban J connectivity index is 1.95. The molecule has 0 aliphatic carbocycles. The summed E-state index contributed by atoms with van der Waals surface area (Å²) in [5.41, 5.74) is 7.62. The number of aromatic nitrogens is 2. The van der Waals surface area contributed by atoms with Crippen LogP contribution in [0.25, 0.3) is 0 Å². The summed E-state index contributed by atoms with van der Waals surface area (Å²) in [5.74, 6) is -0.129. The Bertz CT molecular complexity index is 516. The van der Waals surface area contributed by atoms with E-state index in [0.717, 1.165) is 5.69 Å².